The number of aromatic nitrogens is 2. The number of nitrogens with zero attached hydrogens (tertiary/aromatic N) is 4. The number of aromatic hydroxyl groups is 1. The van der Waals surface area contributed by atoms with Crippen LogP contribution in [0.15, 0.2) is 48.5 Å². The van der Waals surface area contributed by atoms with Gasteiger partial charge in [0.1, 0.15) is 17.1 Å². The van der Waals surface area contributed by atoms with Crippen LogP contribution < -0.4 is 15.0 Å². The molecule has 3 aromatic carbocycles. The lowest BCUT2D eigenvalue weighted by Gasteiger charge is -2.34. The number of phenolic OH excluding ortho intramolecular Hbond substituents is 1. The highest BCUT2D eigenvalue weighted by Gasteiger charge is 2.44. The molecule has 2 bridgehead atoms. The number of rotatable bonds is 7. The summed E-state index contributed by atoms with van der Waals surface area (Å²) in [6, 6.07) is 15.8. The van der Waals surface area contributed by atoms with Crippen LogP contribution >= 0.6 is 0 Å². The Hall–Kier alpha value is -3.49. The number of ether oxygens (including phenoxy) is 1. The summed E-state index contributed by atoms with van der Waals surface area (Å²) >= 11 is 0. The molecule has 0 radical (unpaired) electrons. The van der Waals surface area contributed by atoms with E-state index in [2.05, 4.69) is 34.2 Å². The predicted molar refractivity (Wildman–Crippen MR) is 152 cm³/mol. The van der Waals surface area contributed by atoms with Crippen molar-refractivity contribution >= 4 is 27.5 Å². The Bertz CT molecular complexity index is 1560. The van der Waals surface area contributed by atoms with Gasteiger partial charge in [0.15, 0.2) is 5.82 Å². The van der Waals surface area contributed by atoms with Gasteiger partial charge in [0.05, 0.1) is 6.61 Å². The molecule has 1 aliphatic carbocycles. The Morgan fingerprint density at radius 2 is 1.79 bits per heavy atom. The third-order valence-electron chi connectivity index (χ3n) is 8.54. The quantitative estimate of drug-likeness (QED) is 0.352. The number of benzene rings is 3. The van der Waals surface area contributed by atoms with Crippen molar-refractivity contribution < 1.29 is 14.2 Å². The molecule has 7 rings (SSSR count). The van der Waals surface area contributed by atoms with Gasteiger partial charge >= 0.3 is 6.01 Å². The van der Waals surface area contributed by atoms with Crippen molar-refractivity contribution in [3.05, 3.63) is 54.3 Å². The fourth-order valence-electron chi connectivity index (χ4n) is 6.54. The molecule has 1 aromatic heterocycles. The van der Waals surface area contributed by atoms with Crippen LogP contribution in [-0.4, -0.2) is 72.4 Å². The summed E-state index contributed by atoms with van der Waals surface area (Å²) in [4.78, 5) is 14.0. The van der Waals surface area contributed by atoms with Gasteiger partial charge in [-0.25, -0.2) is 4.39 Å². The summed E-state index contributed by atoms with van der Waals surface area (Å²) in [6.07, 6.45) is 4.50. The van der Waals surface area contributed by atoms with E-state index in [4.69, 9.17) is 9.72 Å². The van der Waals surface area contributed by atoms with Crippen molar-refractivity contribution in [2.75, 3.05) is 45.2 Å². The number of piperazine rings is 1. The number of halogens is 1. The second-order valence-electron chi connectivity index (χ2n) is 11.9. The van der Waals surface area contributed by atoms with Crippen molar-refractivity contribution in [2.45, 2.75) is 37.8 Å². The topological polar surface area (TPSA) is 73.8 Å². The van der Waals surface area contributed by atoms with Gasteiger partial charge in [-0.2, -0.15) is 9.97 Å². The smallest absolute Gasteiger partial charge is 0.319 e. The first-order valence-corrected chi connectivity index (χ1v) is 13.9. The van der Waals surface area contributed by atoms with Crippen molar-refractivity contribution in [2.24, 2.45) is 5.41 Å². The van der Waals surface area contributed by atoms with E-state index in [0.29, 0.717) is 35.2 Å². The van der Waals surface area contributed by atoms with E-state index in [-0.39, 0.29) is 22.7 Å². The average Bonchev–Trinajstić information content (AvgIpc) is 3.60. The number of nitrogens with one attached hydrogen (secondary N) is 1. The van der Waals surface area contributed by atoms with Crippen LogP contribution in [0.5, 0.6) is 11.8 Å². The van der Waals surface area contributed by atoms with Crippen LogP contribution in [-0.2, 0) is 0 Å². The Kier molecular flexibility index (Phi) is 5.86. The summed E-state index contributed by atoms with van der Waals surface area (Å²) in [5.74, 6) is 0.406. The zero-order valence-electron chi connectivity index (χ0n) is 22.5. The number of phenols is 1. The maximum absolute atomic E-state index is 16.5. The number of fused-ring (bicyclic) bond motifs is 4. The van der Waals surface area contributed by atoms with Gasteiger partial charge < -0.3 is 25.0 Å². The molecule has 2 aliphatic heterocycles. The lowest BCUT2D eigenvalue weighted by molar-refractivity contribution is 0.183. The van der Waals surface area contributed by atoms with E-state index in [1.54, 1.807) is 18.2 Å². The molecule has 3 fully saturated rings. The molecule has 2 saturated heterocycles. The molecule has 2 atom stereocenters. The minimum atomic E-state index is -0.427. The summed E-state index contributed by atoms with van der Waals surface area (Å²) in [6.45, 7) is 3.11. The van der Waals surface area contributed by atoms with E-state index < -0.39 is 5.82 Å². The fraction of sp³-hybridized carbons (Fsp3) is 0.419. The van der Waals surface area contributed by atoms with Crippen LogP contribution in [0.4, 0.5) is 10.2 Å². The first-order chi connectivity index (χ1) is 18.9. The molecule has 202 valence electrons. The average molecular weight is 528 g/mol. The molecule has 3 aliphatic rings. The Balaban J connectivity index is 1.34. The van der Waals surface area contributed by atoms with Gasteiger partial charge in [-0.3, -0.25) is 0 Å². The summed E-state index contributed by atoms with van der Waals surface area (Å²) < 4.78 is 22.7. The molecular weight excluding hydrogens is 493 g/mol. The van der Waals surface area contributed by atoms with Crippen LogP contribution in [0.2, 0.25) is 0 Å². The number of hydrogen-bond acceptors (Lipinski definition) is 7. The SMILES string of the molecule is CN(C)CC1(COc2nc(N3CC4CCC(C3)N4)c3ccc(-c4cc(O)cc5ccccc45)c(F)c3n2)CC1. The van der Waals surface area contributed by atoms with Gasteiger partial charge in [0, 0.05) is 48.1 Å². The lowest BCUT2D eigenvalue weighted by Crippen LogP contribution is -2.51. The zero-order chi connectivity index (χ0) is 26.7. The van der Waals surface area contributed by atoms with Crippen LogP contribution in [0, 0.1) is 11.2 Å². The van der Waals surface area contributed by atoms with E-state index in [1.165, 1.54) is 0 Å². The van der Waals surface area contributed by atoms with Crippen molar-refractivity contribution in [1.82, 2.24) is 20.2 Å². The second-order valence-corrected chi connectivity index (χ2v) is 11.9. The van der Waals surface area contributed by atoms with Crippen LogP contribution in [0.1, 0.15) is 25.7 Å². The predicted octanol–water partition coefficient (Wildman–Crippen LogP) is 4.96. The first kappa shape index (κ1) is 24.5. The highest BCUT2D eigenvalue weighted by molar-refractivity contribution is 6.01. The van der Waals surface area contributed by atoms with Gasteiger partial charge in [0.25, 0.3) is 0 Å². The van der Waals surface area contributed by atoms with Crippen molar-refractivity contribution in [3.8, 4) is 22.9 Å². The Labute approximate surface area is 227 Å². The molecule has 0 spiro atoms. The van der Waals surface area contributed by atoms with Gasteiger partial charge in [-0.1, -0.05) is 30.3 Å². The first-order valence-electron chi connectivity index (χ1n) is 13.9. The Morgan fingerprint density at radius 3 is 2.54 bits per heavy atom. The highest BCUT2D eigenvalue weighted by Crippen LogP contribution is 2.46. The molecule has 4 aromatic rings. The number of hydrogen-bond donors (Lipinski definition) is 2. The molecule has 2 unspecified atom stereocenters. The molecular formula is C31H34FN5O2. The third-order valence-corrected chi connectivity index (χ3v) is 8.54. The molecule has 2 N–H and O–H groups in total. The maximum atomic E-state index is 16.5. The second kappa shape index (κ2) is 9.31. The largest absolute Gasteiger partial charge is 0.508 e. The molecule has 3 heterocycles. The van der Waals surface area contributed by atoms with Gasteiger partial charge in [-0.15, -0.1) is 0 Å². The van der Waals surface area contributed by atoms with Gasteiger partial charge in [0.2, 0.25) is 0 Å². The normalized spacial score (nSPS) is 21.7. The fourth-order valence-corrected chi connectivity index (χ4v) is 6.54. The van der Waals surface area contributed by atoms with E-state index >= 15 is 4.39 Å². The van der Waals surface area contributed by atoms with Crippen molar-refractivity contribution in [3.63, 3.8) is 0 Å². The van der Waals surface area contributed by atoms with Crippen molar-refractivity contribution in [1.29, 1.82) is 0 Å². The zero-order valence-corrected chi connectivity index (χ0v) is 22.5. The molecule has 1 saturated carbocycles. The summed E-state index contributed by atoms with van der Waals surface area (Å²) in [7, 11) is 4.15. The number of anilines is 1. The Morgan fingerprint density at radius 1 is 1.03 bits per heavy atom. The van der Waals surface area contributed by atoms with E-state index in [1.807, 2.05) is 30.3 Å². The monoisotopic (exact) mass is 527 g/mol. The van der Waals surface area contributed by atoms with E-state index in [9.17, 15) is 5.11 Å². The summed E-state index contributed by atoms with van der Waals surface area (Å²) in [5, 5.41) is 16.5. The minimum Gasteiger partial charge on any atom is -0.508 e. The molecule has 7 nitrogen and oxygen atoms in total. The molecule has 8 heteroatoms. The van der Waals surface area contributed by atoms with E-state index in [0.717, 1.165) is 61.9 Å². The molecule has 0 amide bonds. The van der Waals surface area contributed by atoms with Gasteiger partial charge in [-0.05, 0) is 74.3 Å². The standard InChI is InChI=1S/C31H34FN5O2/c1-36(2)17-31(11-12-31)18-39-30-34-28-25(29(35-30)37-15-20-7-8-21(16-37)33-20)10-9-24(27(28)32)26-14-22(38)13-19-5-3-4-6-23(19)26/h3-6,9-10,13-14,20-21,33,38H,7-8,11-12,15-18H2,1-2H3. The van der Waals surface area contributed by atoms with Crippen LogP contribution in [0.25, 0.3) is 32.8 Å². The third kappa shape index (κ3) is 4.55. The lowest BCUT2D eigenvalue weighted by atomic mass is 9.96. The maximum Gasteiger partial charge on any atom is 0.319 e. The minimum absolute atomic E-state index is 0.0995. The molecule has 39 heavy (non-hydrogen) atoms. The highest BCUT2D eigenvalue weighted by atomic mass is 19.1. The summed E-state index contributed by atoms with van der Waals surface area (Å²) in [5.41, 5.74) is 1.40. The van der Waals surface area contributed by atoms with Crippen LogP contribution in [0.3, 0.4) is 0 Å².